The average molecular weight is 639 g/mol. The smallest absolute Gasteiger partial charge is 0.264 e. The van der Waals surface area contributed by atoms with E-state index in [1.165, 1.54) is 0 Å². The number of guanidine groups is 1. The predicted molar refractivity (Wildman–Crippen MR) is 180 cm³/mol. The molecule has 1 amide bonds. The molecule has 2 aromatic heterocycles. The first kappa shape index (κ1) is 30.7. The number of fused-ring (bicyclic) bond motifs is 3. The van der Waals surface area contributed by atoms with Crippen molar-refractivity contribution in [3.63, 3.8) is 0 Å². The molecule has 46 heavy (non-hydrogen) atoms. The summed E-state index contributed by atoms with van der Waals surface area (Å²) in [7, 11) is -4.16. The number of anilines is 1. The number of H-pyrrole nitrogens is 1. The van der Waals surface area contributed by atoms with E-state index in [4.69, 9.17) is 21.1 Å². The molecule has 13 heteroatoms. The first-order chi connectivity index (χ1) is 22.1. The Labute approximate surface area is 265 Å². The molecule has 0 saturated heterocycles. The molecule has 236 valence electrons. The van der Waals surface area contributed by atoms with Gasteiger partial charge in [-0.15, -0.1) is 0 Å². The standard InChI is InChI=1S/C33H34N8O4S/c1-20(30-38-26-13-11-24(37-33(34)35)19-28(26)39-30)31-40-27-12-10-23(18-29(27)41(31)16-5-17-46(43,44)45)32(42)36-15-14-22-8-4-7-21-6-2-3-9-25(21)22/h2-4,6-13,18-20H,5,14-17H2,1H3,(H,36,42)(H,38,39)(H4,34,35,37)(H,43,44,45). The Bertz CT molecular complexity index is 2200. The van der Waals surface area contributed by atoms with Crippen LogP contribution in [0.4, 0.5) is 5.69 Å². The van der Waals surface area contributed by atoms with E-state index >= 15 is 0 Å². The molecule has 0 aliphatic heterocycles. The molecule has 2 heterocycles. The van der Waals surface area contributed by atoms with Gasteiger partial charge in [0.25, 0.3) is 16.0 Å². The molecule has 0 aliphatic rings. The zero-order valence-corrected chi connectivity index (χ0v) is 25.9. The van der Waals surface area contributed by atoms with E-state index in [0.29, 0.717) is 52.4 Å². The van der Waals surface area contributed by atoms with Gasteiger partial charge in [-0.05, 0) is 72.5 Å². The normalized spacial score (nSPS) is 12.5. The van der Waals surface area contributed by atoms with Crippen molar-refractivity contribution in [2.75, 3.05) is 17.6 Å². The van der Waals surface area contributed by atoms with Gasteiger partial charge in [0.1, 0.15) is 11.6 Å². The fourth-order valence-electron chi connectivity index (χ4n) is 5.76. The number of hydrogen-bond donors (Lipinski definition) is 6. The van der Waals surface area contributed by atoms with Crippen LogP contribution in [0.25, 0.3) is 32.8 Å². The Balaban J connectivity index is 1.27. The molecule has 6 rings (SSSR count). The molecule has 0 aliphatic carbocycles. The second-order valence-corrected chi connectivity index (χ2v) is 12.8. The molecule has 1 atom stereocenters. The van der Waals surface area contributed by atoms with Crippen molar-refractivity contribution in [2.45, 2.75) is 32.2 Å². The molecular formula is C33H34N8O4S. The molecule has 4 aromatic carbocycles. The quantitative estimate of drug-likeness (QED) is 0.0664. The van der Waals surface area contributed by atoms with Crippen LogP contribution in [0.15, 0.2) is 78.9 Å². The first-order valence-electron chi connectivity index (χ1n) is 14.9. The third-order valence-corrected chi connectivity index (χ3v) is 8.77. The van der Waals surface area contributed by atoms with Gasteiger partial charge in [-0.2, -0.15) is 8.42 Å². The van der Waals surface area contributed by atoms with E-state index < -0.39 is 15.9 Å². The molecule has 7 N–H and O–H groups in total. The van der Waals surface area contributed by atoms with E-state index in [2.05, 4.69) is 39.9 Å². The van der Waals surface area contributed by atoms with Crippen LogP contribution in [-0.4, -0.2) is 56.7 Å². The number of carbonyl (C=O) groups excluding carboxylic acids is 1. The summed E-state index contributed by atoms with van der Waals surface area (Å²) in [6, 6.07) is 25.0. The Morgan fingerprint density at radius 3 is 2.65 bits per heavy atom. The lowest BCUT2D eigenvalue weighted by atomic mass is 10.0. The number of nitrogens with two attached hydrogens (primary N) is 1. The number of aryl methyl sites for hydroxylation is 1. The number of nitrogens with one attached hydrogen (secondary N) is 4. The van der Waals surface area contributed by atoms with Crippen molar-refractivity contribution in [1.82, 2.24) is 24.8 Å². The predicted octanol–water partition coefficient (Wildman–Crippen LogP) is 4.77. The van der Waals surface area contributed by atoms with Crippen molar-refractivity contribution in [2.24, 2.45) is 5.73 Å². The monoisotopic (exact) mass is 638 g/mol. The second kappa shape index (κ2) is 12.6. The van der Waals surface area contributed by atoms with Crippen LogP contribution in [0.2, 0.25) is 0 Å². The molecule has 0 fully saturated rings. The van der Waals surface area contributed by atoms with Crippen molar-refractivity contribution in [3.8, 4) is 0 Å². The van der Waals surface area contributed by atoms with E-state index in [1.54, 1.807) is 30.3 Å². The Hall–Kier alpha value is -5.27. The average Bonchev–Trinajstić information content (AvgIpc) is 3.61. The molecule has 0 saturated carbocycles. The van der Waals surface area contributed by atoms with E-state index in [9.17, 15) is 17.8 Å². The van der Waals surface area contributed by atoms with Gasteiger partial charge in [0.15, 0.2) is 5.96 Å². The van der Waals surface area contributed by atoms with Crippen molar-refractivity contribution in [1.29, 1.82) is 5.41 Å². The van der Waals surface area contributed by atoms with Crippen LogP contribution in [0.5, 0.6) is 0 Å². The van der Waals surface area contributed by atoms with Gasteiger partial charge in [-0.3, -0.25) is 14.8 Å². The largest absolute Gasteiger partial charge is 0.370 e. The minimum Gasteiger partial charge on any atom is -0.370 e. The summed E-state index contributed by atoms with van der Waals surface area (Å²) in [6.07, 6.45) is 0.819. The summed E-state index contributed by atoms with van der Waals surface area (Å²) in [5.74, 6) is 0.0980. The number of rotatable bonds is 11. The molecule has 0 spiro atoms. The number of hydrogen-bond acceptors (Lipinski definition) is 6. The zero-order chi connectivity index (χ0) is 32.4. The number of aromatic nitrogens is 4. The van der Waals surface area contributed by atoms with E-state index in [-0.39, 0.29) is 30.8 Å². The molecule has 1 unspecified atom stereocenters. The van der Waals surface area contributed by atoms with Crippen molar-refractivity contribution >= 4 is 60.5 Å². The summed E-state index contributed by atoms with van der Waals surface area (Å²) < 4.78 is 34.3. The van der Waals surface area contributed by atoms with Gasteiger partial charge >= 0.3 is 0 Å². The van der Waals surface area contributed by atoms with Crippen LogP contribution >= 0.6 is 0 Å². The highest BCUT2D eigenvalue weighted by atomic mass is 32.2. The van der Waals surface area contributed by atoms with Crippen LogP contribution in [0.1, 0.15) is 46.8 Å². The van der Waals surface area contributed by atoms with Gasteiger partial charge in [0, 0.05) is 24.3 Å². The number of imidazole rings is 2. The maximum Gasteiger partial charge on any atom is 0.264 e. The highest BCUT2D eigenvalue weighted by Gasteiger charge is 2.22. The second-order valence-electron chi connectivity index (χ2n) is 11.2. The van der Waals surface area contributed by atoms with Gasteiger partial charge < -0.3 is 25.9 Å². The van der Waals surface area contributed by atoms with E-state index in [0.717, 1.165) is 21.9 Å². The number of benzene rings is 4. The molecule has 6 aromatic rings. The zero-order valence-electron chi connectivity index (χ0n) is 25.1. The number of nitrogens with zero attached hydrogens (tertiary/aromatic N) is 3. The van der Waals surface area contributed by atoms with Crippen molar-refractivity contribution < 1.29 is 17.8 Å². The fraction of sp³-hybridized carbons (Fsp3) is 0.212. The van der Waals surface area contributed by atoms with Gasteiger partial charge in [0.05, 0.1) is 33.7 Å². The summed E-state index contributed by atoms with van der Waals surface area (Å²) in [5, 5.41) is 15.6. The lowest BCUT2D eigenvalue weighted by Crippen LogP contribution is -2.25. The lowest BCUT2D eigenvalue weighted by molar-refractivity contribution is 0.0954. The Kier molecular flexibility index (Phi) is 8.43. The maximum atomic E-state index is 13.3. The topological polar surface area (TPSA) is 192 Å². The fourth-order valence-corrected chi connectivity index (χ4v) is 6.26. The highest BCUT2D eigenvalue weighted by Crippen LogP contribution is 2.29. The third-order valence-electron chi connectivity index (χ3n) is 7.96. The molecule has 12 nitrogen and oxygen atoms in total. The van der Waals surface area contributed by atoms with Crippen LogP contribution in [0, 0.1) is 5.41 Å². The van der Waals surface area contributed by atoms with Gasteiger partial charge in [-0.25, -0.2) is 9.97 Å². The summed E-state index contributed by atoms with van der Waals surface area (Å²) in [4.78, 5) is 26.2. The molecule has 0 radical (unpaired) electrons. The molecule has 0 bridgehead atoms. The van der Waals surface area contributed by atoms with Gasteiger partial charge in [0.2, 0.25) is 0 Å². The molecular weight excluding hydrogens is 604 g/mol. The van der Waals surface area contributed by atoms with E-state index in [1.807, 2.05) is 35.8 Å². The van der Waals surface area contributed by atoms with Crippen molar-refractivity contribution in [3.05, 3.63) is 102 Å². The van der Waals surface area contributed by atoms with Gasteiger partial charge in [-0.1, -0.05) is 42.5 Å². The first-order valence-corrected chi connectivity index (χ1v) is 16.5. The number of aromatic amines is 1. The van der Waals surface area contributed by atoms with Crippen LogP contribution in [0.3, 0.4) is 0 Å². The lowest BCUT2D eigenvalue weighted by Gasteiger charge is -2.13. The highest BCUT2D eigenvalue weighted by molar-refractivity contribution is 7.85. The number of amides is 1. The minimum atomic E-state index is -4.16. The Morgan fingerprint density at radius 1 is 1.04 bits per heavy atom. The number of carbonyl (C=O) groups is 1. The minimum absolute atomic E-state index is 0.145. The SMILES string of the molecule is CC(c1nc2cc(NC(=N)N)ccc2[nH]1)c1nc2ccc(C(=O)NCCc3cccc4ccccc34)cc2n1CCCS(=O)(=O)O. The van der Waals surface area contributed by atoms with Crippen LogP contribution in [-0.2, 0) is 23.1 Å². The third kappa shape index (κ3) is 6.70. The van der Waals surface area contributed by atoms with Crippen LogP contribution < -0.4 is 16.4 Å². The summed E-state index contributed by atoms with van der Waals surface area (Å²) in [5.41, 5.74) is 10.5. The maximum absolute atomic E-state index is 13.3. The summed E-state index contributed by atoms with van der Waals surface area (Å²) in [6.45, 7) is 2.64. The Morgan fingerprint density at radius 2 is 1.85 bits per heavy atom. The summed E-state index contributed by atoms with van der Waals surface area (Å²) >= 11 is 0.